The lowest BCUT2D eigenvalue weighted by Crippen LogP contribution is -2.28. The summed E-state index contributed by atoms with van der Waals surface area (Å²) in [5.74, 6) is 0.642. The van der Waals surface area contributed by atoms with E-state index in [4.69, 9.17) is 0 Å². The predicted molar refractivity (Wildman–Crippen MR) is 80.3 cm³/mol. The average molecular weight is 243 g/mol. The molecule has 0 saturated carbocycles. The largest absolute Gasteiger partial charge is 0.344 e. The molecule has 1 nitrogen and oxygen atoms in total. The Morgan fingerprint density at radius 1 is 1.17 bits per heavy atom. The van der Waals surface area contributed by atoms with Crippen LogP contribution in [0.1, 0.15) is 44.4 Å². The summed E-state index contributed by atoms with van der Waals surface area (Å²) in [6.45, 7) is 19.0. The standard InChI is InChI=1S/C17H25N/c1-11(2)10-18-14(5)17(6,7)15-12(3)8-9-13(4)16(15)18/h8-9,11H,5,10H2,1-4,6-7H3. The molecule has 0 aliphatic carbocycles. The van der Waals surface area contributed by atoms with Crippen molar-refractivity contribution >= 4 is 5.69 Å². The van der Waals surface area contributed by atoms with Crippen molar-refractivity contribution in [1.29, 1.82) is 0 Å². The molecule has 1 heterocycles. The van der Waals surface area contributed by atoms with E-state index < -0.39 is 0 Å². The summed E-state index contributed by atoms with van der Waals surface area (Å²) in [6.07, 6.45) is 0. The number of anilines is 1. The minimum absolute atomic E-state index is 0.0559. The summed E-state index contributed by atoms with van der Waals surface area (Å²) in [5, 5.41) is 0. The van der Waals surface area contributed by atoms with Crippen LogP contribution in [0.2, 0.25) is 0 Å². The molecular formula is C17H25N. The Hall–Kier alpha value is -1.24. The Morgan fingerprint density at radius 3 is 2.28 bits per heavy atom. The summed E-state index contributed by atoms with van der Waals surface area (Å²) in [4.78, 5) is 2.43. The maximum atomic E-state index is 4.36. The van der Waals surface area contributed by atoms with Crippen LogP contribution in [0.15, 0.2) is 24.4 Å². The van der Waals surface area contributed by atoms with Crippen LogP contribution in [0, 0.1) is 19.8 Å². The van der Waals surface area contributed by atoms with Crippen molar-refractivity contribution in [3.63, 3.8) is 0 Å². The number of aryl methyl sites for hydroxylation is 2. The molecule has 0 unspecified atom stereocenters. The highest BCUT2D eigenvalue weighted by molar-refractivity contribution is 5.75. The van der Waals surface area contributed by atoms with Gasteiger partial charge in [0, 0.05) is 23.3 Å². The molecule has 0 radical (unpaired) electrons. The fraction of sp³-hybridized carbons (Fsp3) is 0.529. The molecule has 2 rings (SSSR count). The molecule has 1 aliphatic rings. The fourth-order valence-electron chi connectivity index (χ4n) is 3.12. The lowest BCUT2D eigenvalue weighted by Gasteiger charge is -2.27. The molecule has 0 bridgehead atoms. The van der Waals surface area contributed by atoms with Gasteiger partial charge in [0.1, 0.15) is 0 Å². The highest BCUT2D eigenvalue weighted by Gasteiger charge is 2.40. The minimum Gasteiger partial charge on any atom is -0.344 e. The van der Waals surface area contributed by atoms with Gasteiger partial charge in [0.15, 0.2) is 0 Å². The summed E-state index contributed by atoms with van der Waals surface area (Å²) in [5.41, 5.74) is 6.91. The number of benzene rings is 1. The predicted octanol–water partition coefficient (Wildman–Crippen LogP) is 4.57. The Kier molecular flexibility index (Phi) is 3.04. The Balaban J connectivity index is 2.65. The van der Waals surface area contributed by atoms with Crippen LogP contribution in [-0.2, 0) is 5.41 Å². The third-order valence-electron chi connectivity index (χ3n) is 4.08. The topological polar surface area (TPSA) is 3.24 Å². The van der Waals surface area contributed by atoms with E-state index in [-0.39, 0.29) is 5.41 Å². The maximum Gasteiger partial charge on any atom is 0.0482 e. The lowest BCUT2D eigenvalue weighted by molar-refractivity contribution is 0.593. The molecule has 1 aromatic rings. The third-order valence-corrected chi connectivity index (χ3v) is 4.08. The van der Waals surface area contributed by atoms with Crippen LogP contribution >= 0.6 is 0 Å². The third kappa shape index (κ3) is 1.77. The zero-order valence-corrected chi connectivity index (χ0v) is 12.6. The first-order valence-electron chi connectivity index (χ1n) is 6.84. The Labute approximate surface area is 112 Å². The van der Waals surface area contributed by atoms with Gasteiger partial charge in [0.25, 0.3) is 0 Å². The first-order chi connectivity index (χ1) is 8.26. The van der Waals surface area contributed by atoms with E-state index in [2.05, 4.69) is 65.2 Å². The van der Waals surface area contributed by atoms with Crippen molar-refractivity contribution in [2.24, 2.45) is 5.92 Å². The maximum absolute atomic E-state index is 4.36. The second-order valence-corrected chi connectivity index (χ2v) is 6.50. The Morgan fingerprint density at radius 2 is 1.72 bits per heavy atom. The van der Waals surface area contributed by atoms with Crippen LogP contribution in [0.25, 0.3) is 0 Å². The molecule has 1 aliphatic heterocycles. The van der Waals surface area contributed by atoms with E-state index in [1.54, 1.807) is 0 Å². The summed E-state index contributed by atoms with van der Waals surface area (Å²) in [7, 11) is 0. The number of rotatable bonds is 2. The molecule has 0 aromatic heterocycles. The van der Waals surface area contributed by atoms with Crippen LogP contribution in [0.4, 0.5) is 5.69 Å². The minimum atomic E-state index is 0.0559. The van der Waals surface area contributed by atoms with Crippen molar-refractivity contribution in [1.82, 2.24) is 0 Å². The van der Waals surface area contributed by atoms with Gasteiger partial charge in [0.2, 0.25) is 0 Å². The van der Waals surface area contributed by atoms with Gasteiger partial charge in [-0.05, 0) is 36.5 Å². The van der Waals surface area contributed by atoms with E-state index in [1.165, 1.54) is 28.1 Å². The highest BCUT2D eigenvalue weighted by atomic mass is 15.2. The molecule has 0 amide bonds. The first kappa shape index (κ1) is 13.2. The van der Waals surface area contributed by atoms with Crippen molar-refractivity contribution < 1.29 is 0 Å². The van der Waals surface area contributed by atoms with Gasteiger partial charge in [-0.2, -0.15) is 0 Å². The molecule has 0 atom stereocenters. The second-order valence-electron chi connectivity index (χ2n) is 6.50. The van der Waals surface area contributed by atoms with Crippen molar-refractivity contribution in [3.8, 4) is 0 Å². The molecule has 0 saturated heterocycles. The number of fused-ring (bicyclic) bond motifs is 1. The van der Waals surface area contributed by atoms with E-state index in [9.17, 15) is 0 Å². The zero-order chi connectivity index (χ0) is 13.7. The van der Waals surface area contributed by atoms with E-state index in [0.29, 0.717) is 5.92 Å². The van der Waals surface area contributed by atoms with Gasteiger partial charge in [-0.25, -0.2) is 0 Å². The van der Waals surface area contributed by atoms with Crippen molar-refractivity contribution in [2.45, 2.75) is 47.0 Å². The van der Waals surface area contributed by atoms with Crippen LogP contribution in [-0.4, -0.2) is 6.54 Å². The quantitative estimate of drug-likeness (QED) is 0.735. The van der Waals surface area contributed by atoms with Crippen molar-refractivity contribution in [3.05, 3.63) is 41.1 Å². The highest BCUT2D eigenvalue weighted by Crippen LogP contribution is 2.50. The van der Waals surface area contributed by atoms with Gasteiger partial charge < -0.3 is 4.90 Å². The molecule has 1 heteroatoms. The summed E-state index contributed by atoms with van der Waals surface area (Å²) >= 11 is 0. The van der Waals surface area contributed by atoms with E-state index in [1.807, 2.05) is 0 Å². The van der Waals surface area contributed by atoms with Crippen molar-refractivity contribution in [2.75, 3.05) is 11.4 Å². The van der Waals surface area contributed by atoms with Gasteiger partial charge in [-0.15, -0.1) is 0 Å². The summed E-state index contributed by atoms with van der Waals surface area (Å²) < 4.78 is 0. The van der Waals surface area contributed by atoms with E-state index in [0.717, 1.165) is 6.54 Å². The lowest BCUT2D eigenvalue weighted by atomic mass is 9.81. The monoisotopic (exact) mass is 243 g/mol. The second kappa shape index (κ2) is 4.15. The summed E-state index contributed by atoms with van der Waals surface area (Å²) in [6, 6.07) is 4.47. The number of hydrogen-bond donors (Lipinski definition) is 0. The van der Waals surface area contributed by atoms with Crippen LogP contribution < -0.4 is 4.90 Å². The van der Waals surface area contributed by atoms with Gasteiger partial charge in [-0.1, -0.05) is 46.4 Å². The average Bonchev–Trinajstić information content (AvgIpc) is 2.45. The van der Waals surface area contributed by atoms with Gasteiger partial charge >= 0.3 is 0 Å². The number of allylic oxidation sites excluding steroid dienone is 1. The SMILES string of the molecule is C=C1N(CC(C)C)c2c(C)ccc(C)c2C1(C)C. The molecule has 98 valence electrons. The number of nitrogens with zero attached hydrogens (tertiary/aromatic N) is 1. The molecule has 0 spiro atoms. The molecular weight excluding hydrogens is 218 g/mol. The van der Waals surface area contributed by atoms with Crippen LogP contribution in [0.3, 0.4) is 0 Å². The Bertz CT molecular complexity index is 495. The zero-order valence-electron chi connectivity index (χ0n) is 12.6. The van der Waals surface area contributed by atoms with Crippen LogP contribution in [0.5, 0.6) is 0 Å². The van der Waals surface area contributed by atoms with Gasteiger partial charge in [-0.3, -0.25) is 0 Å². The molecule has 0 N–H and O–H groups in total. The number of hydrogen-bond acceptors (Lipinski definition) is 1. The van der Waals surface area contributed by atoms with Gasteiger partial charge in [0.05, 0.1) is 0 Å². The molecule has 1 aromatic carbocycles. The fourth-order valence-corrected chi connectivity index (χ4v) is 3.12. The van der Waals surface area contributed by atoms with E-state index >= 15 is 0 Å². The smallest absolute Gasteiger partial charge is 0.0482 e. The normalized spacial score (nSPS) is 17.5. The molecule has 18 heavy (non-hydrogen) atoms. The first-order valence-corrected chi connectivity index (χ1v) is 6.84. The molecule has 0 fully saturated rings.